The SMILES string of the molecule is COc1ccccc1N1CCN(c2nc(Cl)nc3sc(C)c(-c4ccccc4)c23)CC1. The summed E-state index contributed by atoms with van der Waals surface area (Å²) < 4.78 is 5.56. The predicted molar refractivity (Wildman–Crippen MR) is 130 cm³/mol. The molecule has 4 aromatic rings. The zero-order valence-corrected chi connectivity index (χ0v) is 19.1. The van der Waals surface area contributed by atoms with Crippen molar-refractivity contribution in [3.05, 3.63) is 64.8 Å². The molecule has 0 amide bonds. The summed E-state index contributed by atoms with van der Waals surface area (Å²) in [5.41, 5.74) is 3.53. The molecule has 3 heterocycles. The van der Waals surface area contributed by atoms with Gasteiger partial charge >= 0.3 is 0 Å². The van der Waals surface area contributed by atoms with E-state index in [1.807, 2.05) is 18.2 Å². The Bertz CT molecular complexity index is 1220. The van der Waals surface area contributed by atoms with E-state index in [-0.39, 0.29) is 0 Å². The van der Waals surface area contributed by atoms with Crippen LogP contribution in [0.5, 0.6) is 5.75 Å². The van der Waals surface area contributed by atoms with E-state index in [2.05, 4.69) is 58.1 Å². The van der Waals surface area contributed by atoms with Crippen LogP contribution in [0.25, 0.3) is 21.3 Å². The molecule has 0 unspecified atom stereocenters. The molecule has 0 N–H and O–H groups in total. The molecule has 5 nitrogen and oxygen atoms in total. The number of methoxy groups -OCH3 is 1. The molecule has 1 aliphatic rings. The molecule has 2 aromatic carbocycles. The van der Waals surface area contributed by atoms with Crippen molar-refractivity contribution in [3.8, 4) is 16.9 Å². The van der Waals surface area contributed by atoms with Crippen LogP contribution in [-0.4, -0.2) is 43.3 Å². The summed E-state index contributed by atoms with van der Waals surface area (Å²) in [5.74, 6) is 1.83. The van der Waals surface area contributed by atoms with E-state index in [0.29, 0.717) is 5.28 Å². The van der Waals surface area contributed by atoms with Crippen LogP contribution in [-0.2, 0) is 0 Å². The third-order valence-corrected chi connectivity index (χ3v) is 6.92. The van der Waals surface area contributed by atoms with Gasteiger partial charge in [-0.15, -0.1) is 11.3 Å². The maximum absolute atomic E-state index is 6.35. The topological polar surface area (TPSA) is 41.5 Å². The second-order valence-electron chi connectivity index (χ2n) is 7.54. The van der Waals surface area contributed by atoms with Crippen molar-refractivity contribution in [2.75, 3.05) is 43.1 Å². The largest absolute Gasteiger partial charge is 0.495 e. The molecule has 0 aliphatic carbocycles. The summed E-state index contributed by atoms with van der Waals surface area (Å²) in [5, 5.41) is 1.40. The molecule has 0 saturated carbocycles. The van der Waals surface area contributed by atoms with Crippen LogP contribution in [0.4, 0.5) is 11.5 Å². The molecule has 7 heteroatoms. The molecule has 2 aromatic heterocycles. The van der Waals surface area contributed by atoms with Gasteiger partial charge in [-0.3, -0.25) is 0 Å². The Morgan fingerprint density at radius 3 is 2.32 bits per heavy atom. The number of ether oxygens (including phenoxy) is 1. The number of hydrogen-bond donors (Lipinski definition) is 0. The number of para-hydroxylation sites is 2. The Kier molecular flexibility index (Phi) is 5.42. The van der Waals surface area contributed by atoms with Gasteiger partial charge in [-0.05, 0) is 36.2 Å². The number of anilines is 2. The quantitative estimate of drug-likeness (QED) is 0.375. The van der Waals surface area contributed by atoms with Crippen LogP contribution in [0.1, 0.15) is 4.88 Å². The summed E-state index contributed by atoms with van der Waals surface area (Å²) in [4.78, 5) is 16.1. The maximum Gasteiger partial charge on any atom is 0.225 e. The molecule has 0 atom stereocenters. The average molecular weight is 451 g/mol. The first kappa shape index (κ1) is 20.1. The monoisotopic (exact) mass is 450 g/mol. The van der Waals surface area contributed by atoms with Crippen LogP contribution >= 0.6 is 22.9 Å². The van der Waals surface area contributed by atoms with E-state index < -0.39 is 0 Å². The number of fused-ring (bicyclic) bond motifs is 1. The van der Waals surface area contributed by atoms with Crippen molar-refractivity contribution in [2.45, 2.75) is 6.92 Å². The highest BCUT2D eigenvalue weighted by molar-refractivity contribution is 7.19. The minimum Gasteiger partial charge on any atom is -0.495 e. The van der Waals surface area contributed by atoms with Gasteiger partial charge in [0.2, 0.25) is 5.28 Å². The summed E-state index contributed by atoms with van der Waals surface area (Å²) in [7, 11) is 1.72. The predicted octanol–water partition coefficient (Wildman–Crippen LogP) is 5.66. The van der Waals surface area contributed by atoms with E-state index in [9.17, 15) is 0 Å². The molecule has 5 rings (SSSR count). The van der Waals surface area contributed by atoms with Crippen LogP contribution in [0.3, 0.4) is 0 Å². The lowest BCUT2D eigenvalue weighted by atomic mass is 10.0. The van der Waals surface area contributed by atoms with E-state index in [1.54, 1.807) is 18.4 Å². The summed E-state index contributed by atoms with van der Waals surface area (Å²) in [6.07, 6.45) is 0. The minimum atomic E-state index is 0.301. The van der Waals surface area contributed by atoms with Crippen molar-refractivity contribution in [1.82, 2.24) is 9.97 Å². The van der Waals surface area contributed by atoms with E-state index in [0.717, 1.165) is 53.7 Å². The third-order valence-electron chi connectivity index (χ3n) is 5.75. The van der Waals surface area contributed by atoms with Gasteiger partial charge < -0.3 is 14.5 Å². The number of aromatic nitrogens is 2. The van der Waals surface area contributed by atoms with E-state index in [4.69, 9.17) is 21.3 Å². The van der Waals surface area contributed by atoms with Crippen molar-refractivity contribution in [2.24, 2.45) is 0 Å². The van der Waals surface area contributed by atoms with Crippen LogP contribution < -0.4 is 14.5 Å². The van der Waals surface area contributed by atoms with Crippen LogP contribution in [0, 0.1) is 6.92 Å². The van der Waals surface area contributed by atoms with Crippen LogP contribution in [0.15, 0.2) is 54.6 Å². The van der Waals surface area contributed by atoms with Crippen molar-refractivity contribution in [1.29, 1.82) is 0 Å². The Morgan fingerprint density at radius 1 is 0.903 bits per heavy atom. The fraction of sp³-hybridized carbons (Fsp3) is 0.250. The smallest absolute Gasteiger partial charge is 0.225 e. The number of piperazine rings is 1. The molecule has 1 saturated heterocycles. The Balaban J connectivity index is 1.51. The molecule has 0 spiro atoms. The lowest BCUT2D eigenvalue weighted by molar-refractivity contribution is 0.413. The number of thiophene rings is 1. The molecule has 0 radical (unpaired) electrons. The first-order valence-electron chi connectivity index (χ1n) is 10.3. The maximum atomic E-state index is 6.35. The van der Waals surface area contributed by atoms with Gasteiger partial charge in [-0.25, -0.2) is 4.98 Å². The highest BCUT2D eigenvalue weighted by Gasteiger charge is 2.25. The number of hydrogen-bond acceptors (Lipinski definition) is 6. The van der Waals surface area contributed by atoms with E-state index >= 15 is 0 Å². The molecule has 1 fully saturated rings. The normalized spacial score (nSPS) is 14.3. The van der Waals surface area contributed by atoms with Gasteiger partial charge in [0, 0.05) is 36.6 Å². The summed E-state index contributed by atoms with van der Waals surface area (Å²) in [6, 6.07) is 18.7. The first-order valence-corrected chi connectivity index (χ1v) is 11.5. The third kappa shape index (κ3) is 3.70. The second kappa shape index (κ2) is 8.36. The number of halogens is 1. The van der Waals surface area contributed by atoms with Gasteiger partial charge in [0.15, 0.2) is 0 Å². The van der Waals surface area contributed by atoms with Gasteiger partial charge in [0.1, 0.15) is 16.4 Å². The van der Waals surface area contributed by atoms with Gasteiger partial charge in [0.05, 0.1) is 18.2 Å². The molecule has 158 valence electrons. The van der Waals surface area contributed by atoms with Crippen LogP contribution in [0.2, 0.25) is 5.28 Å². The standard InChI is InChI=1S/C24H23ClN4OS/c1-16-20(17-8-4-3-5-9-17)21-22(26-24(25)27-23(21)31-16)29-14-12-28(13-15-29)18-10-6-7-11-19(18)30-2/h3-11H,12-15H2,1-2H3. The van der Waals surface area contributed by atoms with Gasteiger partial charge in [0.25, 0.3) is 0 Å². The summed E-state index contributed by atoms with van der Waals surface area (Å²) in [6.45, 7) is 5.61. The molecule has 31 heavy (non-hydrogen) atoms. The Labute approximate surface area is 190 Å². The highest BCUT2D eigenvalue weighted by Crippen LogP contribution is 2.42. The molecule has 1 aliphatic heterocycles. The van der Waals surface area contributed by atoms with E-state index in [1.165, 1.54) is 16.0 Å². The van der Waals surface area contributed by atoms with Crippen molar-refractivity contribution < 1.29 is 4.74 Å². The molecular weight excluding hydrogens is 428 g/mol. The number of aryl methyl sites for hydroxylation is 1. The fourth-order valence-corrected chi connectivity index (χ4v) is 5.55. The zero-order chi connectivity index (χ0) is 21.4. The average Bonchev–Trinajstić information content (AvgIpc) is 3.14. The Morgan fingerprint density at radius 2 is 1.58 bits per heavy atom. The lowest BCUT2D eigenvalue weighted by Gasteiger charge is -2.37. The number of nitrogens with zero attached hydrogens (tertiary/aromatic N) is 4. The lowest BCUT2D eigenvalue weighted by Crippen LogP contribution is -2.47. The Hall–Kier alpha value is -2.83. The van der Waals surface area contributed by atoms with Gasteiger partial charge in [-0.1, -0.05) is 42.5 Å². The van der Waals surface area contributed by atoms with Crippen molar-refractivity contribution in [3.63, 3.8) is 0 Å². The first-order chi connectivity index (χ1) is 15.2. The van der Waals surface area contributed by atoms with Gasteiger partial charge in [-0.2, -0.15) is 4.98 Å². The minimum absolute atomic E-state index is 0.301. The highest BCUT2D eigenvalue weighted by atomic mass is 35.5. The number of rotatable bonds is 4. The number of benzene rings is 2. The fourth-order valence-electron chi connectivity index (χ4n) is 4.30. The molecular formula is C24H23ClN4OS. The summed E-state index contributed by atoms with van der Waals surface area (Å²) >= 11 is 8.02. The zero-order valence-electron chi connectivity index (χ0n) is 17.5. The second-order valence-corrected chi connectivity index (χ2v) is 9.08. The molecule has 0 bridgehead atoms. The van der Waals surface area contributed by atoms with Crippen molar-refractivity contribution >= 4 is 44.7 Å².